The summed E-state index contributed by atoms with van der Waals surface area (Å²) in [5.41, 5.74) is 2.21. The van der Waals surface area contributed by atoms with Gasteiger partial charge >= 0.3 is 0 Å². The number of benzene rings is 1. The summed E-state index contributed by atoms with van der Waals surface area (Å²) in [4.78, 5) is 18.7. The maximum atomic E-state index is 12.3. The van der Waals surface area contributed by atoms with Crippen molar-refractivity contribution in [2.24, 2.45) is 0 Å². The van der Waals surface area contributed by atoms with Crippen LogP contribution in [0.15, 0.2) is 41.0 Å². The van der Waals surface area contributed by atoms with Crippen LogP contribution in [0.5, 0.6) is 0 Å². The van der Waals surface area contributed by atoms with Gasteiger partial charge in [-0.2, -0.15) is 0 Å². The SMILES string of the molecule is CCC(=O)N(Cc1ccco1)c1nc2c(CC)cccc2s1. The van der Waals surface area contributed by atoms with Gasteiger partial charge in [-0.25, -0.2) is 4.98 Å². The second-order valence-corrected chi connectivity index (χ2v) is 6.04. The number of hydrogen-bond acceptors (Lipinski definition) is 4. The largest absolute Gasteiger partial charge is 0.467 e. The lowest BCUT2D eigenvalue weighted by molar-refractivity contribution is -0.118. The summed E-state index contributed by atoms with van der Waals surface area (Å²) in [7, 11) is 0. The van der Waals surface area contributed by atoms with E-state index < -0.39 is 0 Å². The number of amides is 1. The molecule has 0 saturated carbocycles. The van der Waals surface area contributed by atoms with Crippen molar-refractivity contribution in [2.75, 3.05) is 4.90 Å². The molecule has 5 heteroatoms. The van der Waals surface area contributed by atoms with Crippen LogP contribution in [0.2, 0.25) is 0 Å². The minimum atomic E-state index is 0.0495. The summed E-state index contributed by atoms with van der Waals surface area (Å²) in [5, 5.41) is 0.735. The maximum Gasteiger partial charge on any atom is 0.228 e. The lowest BCUT2D eigenvalue weighted by Crippen LogP contribution is -2.29. The Hall–Kier alpha value is -2.14. The summed E-state index contributed by atoms with van der Waals surface area (Å²) < 4.78 is 6.50. The molecule has 0 atom stereocenters. The van der Waals surface area contributed by atoms with E-state index in [9.17, 15) is 4.79 Å². The molecule has 0 aliphatic rings. The summed E-state index contributed by atoms with van der Waals surface area (Å²) in [5.74, 6) is 0.810. The van der Waals surface area contributed by atoms with E-state index in [1.807, 2.05) is 25.1 Å². The molecule has 0 aliphatic carbocycles. The Morgan fingerprint density at radius 3 is 2.82 bits per heavy atom. The van der Waals surface area contributed by atoms with E-state index in [2.05, 4.69) is 19.1 Å². The third-order valence-electron chi connectivity index (χ3n) is 3.60. The number of nitrogens with zero attached hydrogens (tertiary/aromatic N) is 2. The summed E-state index contributed by atoms with van der Waals surface area (Å²) in [6.07, 6.45) is 3.00. The standard InChI is InChI=1S/C17H18N2O2S/c1-3-12-7-5-9-14-16(12)18-17(22-14)19(15(20)4-2)11-13-8-6-10-21-13/h5-10H,3-4,11H2,1-2H3. The Labute approximate surface area is 133 Å². The van der Waals surface area contributed by atoms with Crippen LogP contribution in [0, 0.1) is 0 Å². The Morgan fingerprint density at radius 1 is 1.27 bits per heavy atom. The van der Waals surface area contributed by atoms with Gasteiger partial charge < -0.3 is 4.42 Å². The van der Waals surface area contributed by atoms with Crippen molar-refractivity contribution in [2.45, 2.75) is 33.2 Å². The molecule has 114 valence electrons. The minimum absolute atomic E-state index is 0.0495. The van der Waals surface area contributed by atoms with Gasteiger partial charge in [0.05, 0.1) is 23.0 Å². The van der Waals surface area contributed by atoms with Crippen molar-refractivity contribution < 1.29 is 9.21 Å². The first-order valence-corrected chi connectivity index (χ1v) is 8.25. The lowest BCUT2D eigenvalue weighted by Gasteiger charge is -2.17. The Balaban J connectivity index is 2.02. The van der Waals surface area contributed by atoms with Gasteiger partial charge in [-0.05, 0) is 30.2 Å². The summed E-state index contributed by atoms with van der Waals surface area (Å²) >= 11 is 1.55. The van der Waals surface area contributed by atoms with Gasteiger partial charge in [0.1, 0.15) is 5.76 Å². The van der Waals surface area contributed by atoms with Crippen molar-refractivity contribution in [3.63, 3.8) is 0 Å². The topological polar surface area (TPSA) is 46.3 Å². The molecular formula is C17H18N2O2S. The van der Waals surface area contributed by atoms with Gasteiger partial charge in [-0.15, -0.1) is 0 Å². The normalized spacial score (nSPS) is 11.0. The monoisotopic (exact) mass is 314 g/mol. The van der Waals surface area contributed by atoms with Crippen molar-refractivity contribution >= 4 is 32.6 Å². The van der Waals surface area contributed by atoms with Crippen LogP contribution in [-0.2, 0) is 17.8 Å². The number of carbonyl (C=O) groups is 1. The highest BCUT2D eigenvalue weighted by Crippen LogP contribution is 2.32. The number of para-hydroxylation sites is 1. The zero-order valence-corrected chi connectivity index (χ0v) is 13.5. The predicted octanol–water partition coefficient (Wildman–Crippen LogP) is 4.39. The first kappa shape index (κ1) is 14.8. The maximum absolute atomic E-state index is 12.3. The molecule has 1 aromatic carbocycles. The van der Waals surface area contributed by atoms with E-state index in [-0.39, 0.29) is 5.91 Å². The minimum Gasteiger partial charge on any atom is -0.467 e. The number of rotatable bonds is 5. The van der Waals surface area contributed by atoms with Crippen molar-refractivity contribution in [3.8, 4) is 0 Å². The van der Waals surface area contributed by atoms with Gasteiger partial charge in [-0.3, -0.25) is 9.69 Å². The van der Waals surface area contributed by atoms with E-state index >= 15 is 0 Å². The van der Waals surface area contributed by atoms with Crippen LogP contribution in [0.25, 0.3) is 10.2 Å². The van der Waals surface area contributed by atoms with Crippen LogP contribution in [0.4, 0.5) is 5.13 Å². The number of aryl methyl sites for hydroxylation is 1. The molecular weight excluding hydrogens is 296 g/mol. The second kappa shape index (κ2) is 6.32. The Bertz CT molecular complexity index is 777. The van der Waals surface area contributed by atoms with Gasteiger partial charge in [-0.1, -0.05) is 37.3 Å². The van der Waals surface area contributed by atoms with Gasteiger partial charge in [0.15, 0.2) is 5.13 Å². The van der Waals surface area contributed by atoms with Crippen molar-refractivity contribution in [1.29, 1.82) is 0 Å². The zero-order chi connectivity index (χ0) is 15.5. The molecule has 0 radical (unpaired) electrons. The number of hydrogen-bond donors (Lipinski definition) is 0. The number of carbonyl (C=O) groups excluding carboxylic acids is 1. The van der Waals surface area contributed by atoms with E-state index in [0.29, 0.717) is 13.0 Å². The van der Waals surface area contributed by atoms with Crippen LogP contribution in [0.3, 0.4) is 0 Å². The van der Waals surface area contributed by atoms with Crippen LogP contribution in [-0.4, -0.2) is 10.9 Å². The summed E-state index contributed by atoms with van der Waals surface area (Å²) in [6.45, 7) is 4.40. The Kier molecular flexibility index (Phi) is 4.24. The van der Waals surface area contributed by atoms with Crippen LogP contribution >= 0.6 is 11.3 Å². The first-order valence-electron chi connectivity index (χ1n) is 7.44. The molecule has 0 unspecified atom stereocenters. The molecule has 2 heterocycles. The number of aromatic nitrogens is 1. The molecule has 0 spiro atoms. The van der Waals surface area contributed by atoms with Crippen molar-refractivity contribution in [1.82, 2.24) is 4.98 Å². The summed E-state index contributed by atoms with van der Waals surface area (Å²) in [6, 6.07) is 9.89. The molecule has 1 amide bonds. The zero-order valence-electron chi connectivity index (χ0n) is 12.7. The van der Waals surface area contributed by atoms with Gasteiger partial charge in [0, 0.05) is 6.42 Å². The van der Waals surface area contributed by atoms with Gasteiger partial charge in [0.25, 0.3) is 0 Å². The molecule has 0 saturated heterocycles. The number of furan rings is 1. The van der Waals surface area contributed by atoms with E-state index in [0.717, 1.165) is 27.5 Å². The second-order valence-electron chi connectivity index (χ2n) is 5.03. The number of anilines is 1. The van der Waals surface area contributed by atoms with E-state index in [4.69, 9.17) is 9.40 Å². The molecule has 0 aliphatic heterocycles. The fraction of sp³-hybridized carbons (Fsp3) is 0.294. The predicted molar refractivity (Wildman–Crippen MR) is 89.2 cm³/mol. The molecule has 0 N–H and O–H groups in total. The first-order chi connectivity index (χ1) is 10.7. The highest BCUT2D eigenvalue weighted by Gasteiger charge is 2.20. The van der Waals surface area contributed by atoms with E-state index in [1.165, 1.54) is 5.56 Å². The van der Waals surface area contributed by atoms with Gasteiger partial charge in [0.2, 0.25) is 5.91 Å². The average Bonchev–Trinajstić information content (AvgIpc) is 3.20. The van der Waals surface area contributed by atoms with E-state index in [1.54, 1.807) is 22.5 Å². The third kappa shape index (κ3) is 2.76. The van der Waals surface area contributed by atoms with Crippen LogP contribution < -0.4 is 4.90 Å². The molecule has 0 bridgehead atoms. The smallest absolute Gasteiger partial charge is 0.228 e. The fourth-order valence-electron chi connectivity index (χ4n) is 2.41. The molecule has 3 aromatic rings. The quantitative estimate of drug-likeness (QED) is 0.701. The third-order valence-corrected chi connectivity index (χ3v) is 4.64. The fourth-order valence-corrected chi connectivity index (χ4v) is 3.44. The highest BCUT2D eigenvalue weighted by molar-refractivity contribution is 7.22. The van der Waals surface area contributed by atoms with Crippen molar-refractivity contribution in [3.05, 3.63) is 47.9 Å². The average molecular weight is 314 g/mol. The molecule has 0 fully saturated rings. The lowest BCUT2D eigenvalue weighted by atomic mass is 10.1. The number of thiazole rings is 1. The molecule has 2 aromatic heterocycles. The van der Waals surface area contributed by atoms with Crippen LogP contribution in [0.1, 0.15) is 31.6 Å². The molecule has 3 rings (SSSR count). The molecule has 4 nitrogen and oxygen atoms in total. The molecule has 22 heavy (non-hydrogen) atoms. The highest BCUT2D eigenvalue weighted by atomic mass is 32.1. The Morgan fingerprint density at radius 2 is 2.14 bits per heavy atom. The number of fused-ring (bicyclic) bond motifs is 1.